The van der Waals surface area contributed by atoms with E-state index in [4.69, 9.17) is 0 Å². The number of amides is 2. The second kappa shape index (κ2) is 8.02. The van der Waals surface area contributed by atoms with E-state index in [0.717, 1.165) is 22.9 Å². The zero-order valence-electron chi connectivity index (χ0n) is 15.4. The van der Waals surface area contributed by atoms with Gasteiger partial charge in [-0.1, -0.05) is 0 Å². The van der Waals surface area contributed by atoms with Gasteiger partial charge in [-0.25, -0.2) is 8.78 Å². The Morgan fingerprint density at radius 2 is 1.72 bits per heavy atom. The number of hydrogen-bond acceptors (Lipinski definition) is 3. The molecule has 0 saturated heterocycles. The Bertz CT molecular complexity index is 959. The molecule has 0 saturated carbocycles. The predicted molar refractivity (Wildman–Crippen MR) is 92.5 cm³/mol. The largest absolute Gasteiger partial charge is 0.408 e. The molecule has 2 rings (SSSR count). The minimum absolute atomic E-state index is 0.0431. The molecule has 0 aliphatic carbocycles. The summed E-state index contributed by atoms with van der Waals surface area (Å²) in [6.07, 6.45) is -3.63. The van der Waals surface area contributed by atoms with Gasteiger partial charge in [0, 0.05) is 30.6 Å². The third kappa shape index (κ3) is 4.98. The Morgan fingerprint density at radius 1 is 1.10 bits per heavy atom. The first-order valence-corrected chi connectivity index (χ1v) is 8.16. The lowest BCUT2D eigenvalue weighted by atomic mass is 10.1. The number of Topliss-reactive ketones (excluding diaryl/α,β-unsaturated/α-hetero) is 1. The maximum atomic E-state index is 13.5. The fraction of sp³-hybridized carbons (Fsp3) is 0.278. The van der Waals surface area contributed by atoms with Crippen molar-refractivity contribution in [3.05, 3.63) is 52.9 Å². The van der Waals surface area contributed by atoms with Crippen LogP contribution in [0.2, 0.25) is 0 Å². The van der Waals surface area contributed by atoms with Crippen molar-refractivity contribution in [3.8, 4) is 0 Å². The third-order valence-corrected chi connectivity index (χ3v) is 4.01. The first-order chi connectivity index (χ1) is 13.3. The van der Waals surface area contributed by atoms with Crippen LogP contribution < -0.4 is 10.6 Å². The van der Waals surface area contributed by atoms with Gasteiger partial charge in [-0.2, -0.15) is 13.2 Å². The molecular weight excluding hydrogens is 401 g/mol. The lowest BCUT2D eigenvalue weighted by Gasteiger charge is -2.16. The second-order valence-corrected chi connectivity index (χ2v) is 6.33. The quantitative estimate of drug-likeness (QED) is 0.446. The molecule has 0 aliphatic heterocycles. The Kier molecular flexibility index (Phi) is 6.10. The van der Waals surface area contributed by atoms with Crippen LogP contribution in [-0.4, -0.2) is 34.4 Å². The highest BCUT2D eigenvalue weighted by Gasteiger charge is 2.38. The molecule has 1 heterocycles. The standard InChI is InChI=1S/C18H16F5N3O3/c1-8-4-11(6-12(19)14(8)20)25-16(28)13-5-10(7-26(13)3)15(27)17(29)24-9(2)18(21,22)23/h4-7,9H,1-3H3,(H,24,29)(H,25,28)/t9-/m1/s1. The summed E-state index contributed by atoms with van der Waals surface area (Å²) in [6.45, 7) is 1.98. The molecule has 2 aromatic rings. The van der Waals surface area contributed by atoms with Crippen LogP contribution in [0.1, 0.15) is 33.3 Å². The summed E-state index contributed by atoms with van der Waals surface area (Å²) in [5, 5.41) is 3.85. The van der Waals surface area contributed by atoms with E-state index in [9.17, 15) is 36.3 Å². The molecule has 0 unspecified atom stereocenters. The van der Waals surface area contributed by atoms with Gasteiger partial charge in [0.2, 0.25) is 0 Å². The van der Waals surface area contributed by atoms with Crippen LogP contribution in [0.3, 0.4) is 0 Å². The predicted octanol–water partition coefficient (Wildman–Crippen LogP) is 3.11. The van der Waals surface area contributed by atoms with Crippen LogP contribution in [0.5, 0.6) is 0 Å². The molecule has 0 spiro atoms. The Hall–Kier alpha value is -3.24. The normalized spacial score (nSPS) is 12.4. The SMILES string of the molecule is Cc1cc(NC(=O)c2cc(C(=O)C(=O)N[C@H](C)C(F)(F)F)cn2C)cc(F)c1F. The fourth-order valence-corrected chi connectivity index (χ4v) is 2.38. The summed E-state index contributed by atoms with van der Waals surface area (Å²) >= 11 is 0. The summed E-state index contributed by atoms with van der Waals surface area (Å²) in [4.78, 5) is 36.2. The molecule has 0 aliphatic rings. The summed E-state index contributed by atoms with van der Waals surface area (Å²) in [5.74, 6) is -5.78. The molecule has 2 amide bonds. The number of benzene rings is 1. The van der Waals surface area contributed by atoms with Crippen molar-refractivity contribution < 1.29 is 36.3 Å². The summed E-state index contributed by atoms with van der Waals surface area (Å²) < 4.78 is 65.5. The number of hydrogen-bond donors (Lipinski definition) is 2. The topological polar surface area (TPSA) is 80.2 Å². The highest BCUT2D eigenvalue weighted by molar-refractivity contribution is 6.43. The van der Waals surface area contributed by atoms with Crippen molar-refractivity contribution in [1.29, 1.82) is 0 Å². The zero-order chi connectivity index (χ0) is 22.1. The smallest absolute Gasteiger partial charge is 0.346 e. The van der Waals surface area contributed by atoms with E-state index in [1.807, 2.05) is 0 Å². The maximum absolute atomic E-state index is 13.5. The molecule has 29 heavy (non-hydrogen) atoms. The first-order valence-electron chi connectivity index (χ1n) is 8.16. The Labute approximate surface area is 161 Å². The number of aryl methyl sites for hydroxylation is 2. The van der Waals surface area contributed by atoms with Gasteiger partial charge in [0.15, 0.2) is 11.6 Å². The monoisotopic (exact) mass is 417 g/mol. The molecule has 1 aromatic heterocycles. The van der Waals surface area contributed by atoms with Crippen LogP contribution in [-0.2, 0) is 11.8 Å². The van der Waals surface area contributed by atoms with Crippen molar-refractivity contribution in [2.24, 2.45) is 7.05 Å². The van der Waals surface area contributed by atoms with Crippen molar-refractivity contribution in [2.75, 3.05) is 5.32 Å². The van der Waals surface area contributed by atoms with E-state index in [2.05, 4.69) is 5.32 Å². The molecule has 1 aromatic carbocycles. The lowest BCUT2D eigenvalue weighted by Crippen LogP contribution is -2.45. The van der Waals surface area contributed by atoms with E-state index >= 15 is 0 Å². The molecule has 6 nitrogen and oxygen atoms in total. The van der Waals surface area contributed by atoms with Gasteiger partial charge in [-0.05, 0) is 31.5 Å². The van der Waals surface area contributed by atoms with Gasteiger partial charge in [0.05, 0.1) is 0 Å². The molecule has 0 fully saturated rings. The van der Waals surface area contributed by atoms with E-state index in [1.165, 1.54) is 25.4 Å². The molecule has 0 bridgehead atoms. The van der Waals surface area contributed by atoms with Gasteiger partial charge in [0.25, 0.3) is 17.6 Å². The van der Waals surface area contributed by atoms with E-state index in [-0.39, 0.29) is 22.5 Å². The minimum Gasteiger partial charge on any atom is -0.346 e. The number of nitrogens with one attached hydrogen (secondary N) is 2. The van der Waals surface area contributed by atoms with Crippen LogP contribution in [0.25, 0.3) is 0 Å². The van der Waals surface area contributed by atoms with Gasteiger partial charge in [-0.15, -0.1) is 0 Å². The number of carbonyl (C=O) groups is 3. The van der Waals surface area contributed by atoms with E-state index < -0.39 is 41.5 Å². The second-order valence-electron chi connectivity index (χ2n) is 6.33. The number of aromatic nitrogens is 1. The number of halogens is 5. The summed E-state index contributed by atoms with van der Waals surface area (Å²) in [7, 11) is 1.36. The average Bonchev–Trinajstić information content (AvgIpc) is 2.99. The van der Waals surface area contributed by atoms with E-state index in [1.54, 1.807) is 0 Å². The van der Waals surface area contributed by atoms with Gasteiger partial charge in [-0.3, -0.25) is 14.4 Å². The summed E-state index contributed by atoms with van der Waals surface area (Å²) in [6, 6.07) is 0.725. The zero-order valence-corrected chi connectivity index (χ0v) is 15.4. The van der Waals surface area contributed by atoms with Gasteiger partial charge < -0.3 is 15.2 Å². The maximum Gasteiger partial charge on any atom is 0.408 e. The van der Waals surface area contributed by atoms with Crippen molar-refractivity contribution >= 4 is 23.3 Å². The van der Waals surface area contributed by atoms with Crippen molar-refractivity contribution in [2.45, 2.75) is 26.1 Å². The fourth-order valence-electron chi connectivity index (χ4n) is 2.38. The highest BCUT2D eigenvalue weighted by atomic mass is 19.4. The van der Waals surface area contributed by atoms with Crippen molar-refractivity contribution in [3.63, 3.8) is 0 Å². The number of anilines is 1. The van der Waals surface area contributed by atoms with Crippen LogP contribution in [0.15, 0.2) is 24.4 Å². The number of rotatable bonds is 5. The molecule has 11 heteroatoms. The molecular formula is C18H16F5N3O3. The number of nitrogens with zero attached hydrogens (tertiary/aromatic N) is 1. The Balaban J connectivity index is 2.18. The highest BCUT2D eigenvalue weighted by Crippen LogP contribution is 2.21. The van der Waals surface area contributed by atoms with Gasteiger partial charge >= 0.3 is 6.18 Å². The average molecular weight is 417 g/mol. The Morgan fingerprint density at radius 3 is 2.28 bits per heavy atom. The first kappa shape index (κ1) is 22.1. The number of carbonyl (C=O) groups excluding carboxylic acids is 3. The van der Waals surface area contributed by atoms with Crippen molar-refractivity contribution in [1.82, 2.24) is 9.88 Å². The van der Waals surface area contributed by atoms with Crippen LogP contribution >= 0.6 is 0 Å². The molecule has 0 radical (unpaired) electrons. The molecule has 2 N–H and O–H groups in total. The molecule has 156 valence electrons. The summed E-state index contributed by atoms with van der Waals surface area (Å²) in [5.41, 5.74) is -0.533. The van der Waals surface area contributed by atoms with Crippen LogP contribution in [0, 0.1) is 18.6 Å². The minimum atomic E-state index is -4.72. The van der Waals surface area contributed by atoms with E-state index in [0.29, 0.717) is 6.92 Å². The molecule has 1 atom stereocenters. The number of alkyl halides is 3. The third-order valence-electron chi connectivity index (χ3n) is 4.01. The number of ketones is 1. The van der Waals surface area contributed by atoms with Gasteiger partial charge in [0.1, 0.15) is 11.7 Å². The lowest BCUT2D eigenvalue weighted by molar-refractivity contribution is -0.156. The van der Waals surface area contributed by atoms with Crippen LogP contribution in [0.4, 0.5) is 27.6 Å².